The van der Waals surface area contributed by atoms with E-state index in [0.29, 0.717) is 31.4 Å². The Kier molecular flexibility index (Phi) is 8.46. The van der Waals surface area contributed by atoms with Crippen LogP contribution in [0.15, 0.2) is 36.7 Å². The largest absolute Gasteiger partial charge is 0.491 e. The Morgan fingerprint density at radius 3 is 2.30 bits per heavy atom. The number of hydrogen-bond donors (Lipinski definition) is 0. The summed E-state index contributed by atoms with van der Waals surface area (Å²) in [6, 6.07) is 7.75. The summed E-state index contributed by atoms with van der Waals surface area (Å²) >= 11 is 0. The van der Waals surface area contributed by atoms with Gasteiger partial charge in [0.25, 0.3) is 0 Å². The molecule has 0 saturated carbocycles. The topological polar surface area (TPSA) is 62.7 Å². The first-order valence-electron chi connectivity index (χ1n) is 11.1. The number of ether oxygens (including phenoxy) is 4. The van der Waals surface area contributed by atoms with E-state index in [1.165, 1.54) is 32.1 Å². The van der Waals surface area contributed by atoms with E-state index in [1.54, 1.807) is 12.4 Å². The second-order valence-corrected chi connectivity index (χ2v) is 8.14. The van der Waals surface area contributed by atoms with Gasteiger partial charge < -0.3 is 18.9 Å². The van der Waals surface area contributed by atoms with Gasteiger partial charge in [0.15, 0.2) is 17.4 Å². The third-order valence-electron chi connectivity index (χ3n) is 5.01. The second-order valence-electron chi connectivity index (χ2n) is 8.14. The highest BCUT2D eigenvalue weighted by Crippen LogP contribution is 2.24. The Bertz CT molecular complexity index is 747. The van der Waals surface area contributed by atoms with Crippen molar-refractivity contribution in [2.24, 2.45) is 0 Å². The van der Waals surface area contributed by atoms with Crippen LogP contribution in [0, 0.1) is 0 Å². The highest BCUT2D eigenvalue weighted by molar-refractivity contribution is 5.56. The van der Waals surface area contributed by atoms with Crippen molar-refractivity contribution in [3.63, 3.8) is 0 Å². The Labute approximate surface area is 179 Å². The maximum atomic E-state index is 5.81. The molecule has 1 fully saturated rings. The molecule has 1 aromatic carbocycles. The van der Waals surface area contributed by atoms with Gasteiger partial charge in [-0.3, -0.25) is 0 Å². The molecule has 1 atom stereocenters. The fourth-order valence-corrected chi connectivity index (χ4v) is 3.35. The molecule has 1 aromatic heterocycles. The summed E-state index contributed by atoms with van der Waals surface area (Å²) in [4.78, 5) is 8.86. The molecule has 0 bridgehead atoms. The molecule has 1 unspecified atom stereocenters. The highest BCUT2D eigenvalue weighted by atomic mass is 16.7. The Morgan fingerprint density at radius 2 is 1.63 bits per heavy atom. The van der Waals surface area contributed by atoms with Gasteiger partial charge in [-0.2, -0.15) is 0 Å². The van der Waals surface area contributed by atoms with Gasteiger partial charge in [-0.05, 0) is 44.5 Å². The van der Waals surface area contributed by atoms with Gasteiger partial charge in [-0.25, -0.2) is 9.97 Å². The number of hydrogen-bond acceptors (Lipinski definition) is 6. The number of benzene rings is 1. The molecule has 0 spiro atoms. The molecule has 6 nitrogen and oxygen atoms in total. The van der Waals surface area contributed by atoms with Crippen molar-refractivity contribution < 1.29 is 18.9 Å². The molecule has 0 amide bonds. The van der Waals surface area contributed by atoms with Gasteiger partial charge in [-0.15, -0.1) is 0 Å². The molecule has 1 aliphatic heterocycles. The lowest BCUT2D eigenvalue weighted by atomic mass is 10.1. The van der Waals surface area contributed by atoms with Crippen molar-refractivity contribution in [2.75, 3.05) is 19.8 Å². The average Bonchev–Trinajstić information content (AvgIpc) is 3.11. The molecular formula is C24H34N2O4. The van der Waals surface area contributed by atoms with E-state index < -0.39 is 5.79 Å². The molecule has 6 heteroatoms. The van der Waals surface area contributed by atoms with Gasteiger partial charge in [0.05, 0.1) is 25.6 Å². The summed E-state index contributed by atoms with van der Waals surface area (Å²) in [5, 5.41) is 0. The number of aromatic nitrogens is 2. The van der Waals surface area contributed by atoms with E-state index in [4.69, 9.17) is 18.9 Å². The van der Waals surface area contributed by atoms with Crippen molar-refractivity contribution in [1.82, 2.24) is 9.97 Å². The minimum atomic E-state index is -0.528. The first-order valence-corrected chi connectivity index (χ1v) is 11.1. The van der Waals surface area contributed by atoms with Crippen LogP contribution < -0.4 is 9.47 Å². The zero-order valence-electron chi connectivity index (χ0n) is 18.4. The molecule has 30 heavy (non-hydrogen) atoms. The molecule has 0 aliphatic carbocycles. The third-order valence-corrected chi connectivity index (χ3v) is 5.01. The minimum Gasteiger partial charge on any atom is -0.491 e. The maximum absolute atomic E-state index is 5.81. The first-order chi connectivity index (χ1) is 14.6. The van der Waals surface area contributed by atoms with E-state index in [-0.39, 0.29) is 6.10 Å². The monoisotopic (exact) mass is 414 g/mol. The van der Waals surface area contributed by atoms with Crippen LogP contribution in [0.2, 0.25) is 0 Å². The standard InChI is InChI=1S/C24H34N2O4/c1-4-5-6-7-8-9-14-27-21-15-25-23(26-16-21)19-10-12-20(13-11-19)28-17-22-18-29-24(2,3)30-22/h10-13,15-16,22H,4-9,14,17-18H2,1-3H3. The fourth-order valence-electron chi connectivity index (χ4n) is 3.35. The van der Waals surface area contributed by atoms with Crippen LogP contribution in [-0.4, -0.2) is 41.7 Å². The minimum absolute atomic E-state index is 0.0492. The predicted molar refractivity (Wildman–Crippen MR) is 117 cm³/mol. The van der Waals surface area contributed by atoms with E-state index in [0.717, 1.165) is 17.7 Å². The fraction of sp³-hybridized carbons (Fsp3) is 0.583. The highest BCUT2D eigenvalue weighted by Gasteiger charge is 2.32. The molecule has 1 aliphatic rings. The van der Waals surface area contributed by atoms with Crippen LogP contribution in [0.25, 0.3) is 11.4 Å². The van der Waals surface area contributed by atoms with Crippen molar-refractivity contribution in [3.8, 4) is 22.9 Å². The number of nitrogens with zero attached hydrogens (tertiary/aromatic N) is 2. The SMILES string of the molecule is CCCCCCCCOc1cnc(-c2ccc(OCC3COC(C)(C)O3)cc2)nc1. The molecule has 1 saturated heterocycles. The van der Waals surface area contributed by atoms with Gasteiger partial charge in [-0.1, -0.05) is 39.0 Å². The van der Waals surface area contributed by atoms with E-state index in [9.17, 15) is 0 Å². The van der Waals surface area contributed by atoms with Crippen molar-refractivity contribution >= 4 is 0 Å². The molecule has 0 radical (unpaired) electrons. The summed E-state index contributed by atoms with van der Waals surface area (Å²) in [6.45, 7) is 7.78. The van der Waals surface area contributed by atoms with E-state index in [1.807, 2.05) is 38.1 Å². The number of unbranched alkanes of at least 4 members (excludes halogenated alkanes) is 5. The second kappa shape index (κ2) is 11.3. The van der Waals surface area contributed by atoms with Crippen LogP contribution in [0.3, 0.4) is 0 Å². The molecule has 2 aromatic rings. The van der Waals surface area contributed by atoms with Crippen molar-refractivity contribution in [2.45, 2.75) is 71.2 Å². The summed E-state index contributed by atoms with van der Waals surface area (Å²) in [5.74, 6) is 1.64. The quantitative estimate of drug-likeness (QED) is 0.433. The molecule has 0 N–H and O–H groups in total. The lowest BCUT2D eigenvalue weighted by Crippen LogP contribution is -2.25. The molecule has 3 rings (SSSR count). The van der Waals surface area contributed by atoms with Crippen molar-refractivity contribution in [3.05, 3.63) is 36.7 Å². The van der Waals surface area contributed by atoms with Crippen LogP contribution in [0.5, 0.6) is 11.5 Å². The molecular weight excluding hydrogens is 380 g/mol. The molecule has 164 valence electrons. The van der Waals surface area contributed by atoms with Gasteiger partial charge in [0, 0.05) is 5.56 Å². The molecule has 2 heterocycles. The van der Waals surface area contributed by atoms with E-state index in [2.05, 4.69) is 16.9 Å². The Hall–Kier alpha value is -2.18. The smallest absolute Gasteiger partial charge is 0.163 e. The van der Waals surface area contributed by atoms with Crippen molar-refractivity contribution in [1.29, 1.82) is 0 Å². The average molecular weight is 415 g/mol. The summed E-state index contributed by atoms with van der Waals surface area (Å²) in [7, 11) is 0. The summed E-state index contributed by atoms with van der Waals surface area (Å²) < 4.78 is 22.9. The first kappa shape index (κ1) is 22.5. The van der Waals surface area contributed by atoms with E-state index >= 15 is 0 Å². The Morgan fingerprint density at radius 1 is 0.933 bits per heavy atom. The van der Waals surface area contributed by atoms with Crippen LogP contribution in [0.4, 0.5) is 0 Å². The van der Waals surface area contributed by atoms with Gasteiger partial charge in [0.1, 0.15) is 18.5 Å². The third kappa shape index (κ3) is 7.26. The van der Waals surface area contributed by atoms with Crippen LogP contribution in [-0.2, 0) is 9.47 Å². The zero-order valence-corrected chi connectivity index (χ0v) is 18.4. The zero-order chi connectivity index (χ0) is 21.2. The maximum Gasteiger partial charge on any atom is 0.163 e. The number of rotatable bonds is 12. The van der Waals surface area contributed by atoms with Crippen LogP contribution >= 0.6 is 0 Å². The van der Waals surface area contributed by atoms with Gasteiger partial charge in [0.2, 0.25) is 0 Å². The lowest BCUT2D eigenvalue weighted by Gasteiger charge is -2.17. The summed E-state index contributed by atoms with van der Waals surface area (Å²) in [6.07, 6.45) is 10.9. The predicted octanol–water partition coefficient (Wildman–Crippen LogP) is 5.41. The summed E-state index contributed by atoms with van der Waals surface area (Å²) in [5.41, 5.74) is 0.936. The lowest BCUT2D eigenvalue weighted by molar-refractivity contribution is -0.141. The Balaban J connectivity index is 1.40. The van der Waals surface area contributed by atoms with Gasteiger partial charge >= 0.3 is 0 Å². The normalized spacial score (nSPS) is 17.8. The van der Waals surface area contributed by atoms with Crippen LogP contribution in [0.1, 0.15) is 59.3 Å².